The van der Waals surface area contributed by atoms with E-state index >= 15 is 0 Å². The Bertz CT molecular complexity index is 1110. The van der Waals surface area contributed by atoms with Crippen LogP contribution in [-0.4, -0.2) is 24.3 Å². The smallest absolute Gasteiger partial charge is 0.244 e. The number of hydrogen-bond donors (Lipinski definition) is 3. The highest BCUT2D eigenvalue weighted by atomic mass is 16.2. The second-order valence-electron chi connectivity index (χ2n) is 7.13. The van der Waals surface area contributed by atoms with Gasteiger partial charge in [-0.1, -0.05) is 42.5 Å². The molecule has 0 saturated heterocycles. The molecule has 3 aromatic carbocycles. The third-order valence-corrected chi connectivity index (χ3v) is 4.89. The van der Waals surface area contributed by atoms with Crippen LogP contribution in [-0.2, 0) is 14.4 Å². The Morgan fingerprint density at radius 3 is 2.32 bits per heavy atom. The molecule has 4 rings (SSSR count). The Hall–Kier alpha value is -4.13. The minimum absolute atomic E-state index is 0.00171. The Labute approximate surface area is 180 Å². The standard InChI is InChI=1S/C24H22N4O3/c29-22(26-19-11-5-4-10-18(19)25-17-8-2-1-3-9-17)14-15-24(31)28-16-23(30)27-20-12-6-7-13-21(20)28/h1-13,25H,14-16H2,(H,26,29)(H,27,30). The van der Waals surface area contributed by atoms with E-state index in [4.69, 9.17) is 0 Å². The lowest BCUT2D eigenvalue weighted by molar-refractivity contribution is -0.124. The Morgan fingerprint density at radius 2 is 1.52 bits per heavy atom. The van der Waals surface area contributed by atoms with Crippen molar-refractivity contribution in [3.63, 3.8) is 0 Å². The number of carbonyl (C=O) groups is 3. The maximum Gasteiger partial charge on any atom is 0.244 e. The van der Waals surface area contributed by atoms with E-state index in [0.717, 1.165) is 11.4 Å². The summed E-state index contributed by atoms with van der Waals surface area (Å²) in [5.74, 6) is -0.795. The molecule has 0 aromatic heterocycles. The maximum absolute atomic E-state index is 12.7. The van der Waals surface area contributed by atoms with Crippen molar-refractivity contribution in [2.75, 3.05) is 27.4 Å². The van der Waals surface area contributed by atoms with Crippen LogP contribution >= 0.6 is 0 Å². The van der Waals surface area contributed by atoms with Crippen molar-refractivity contribution >= 4 is 46.2 Å². The number of nitrogens with zero attached hydrogens (tertiary/aromatic N) is 1. The normalized spacial score (nSPS) is 12.5. The molecule has 7 nitrogen and oxygen atoms in total. The average Bonchev–Trinajstić information content (AvgIpc) is 2.79. The fourth-order valence-corrected chi connectivity index (χ4v) is 3.40. The third kappa shape index (κ3) is 4.90. The van der Waals surface area contributed by atoms with Crippen molar-refractivity contribution in [1.82, 2.24) is 0 Å². The van der Waals surface area contributed by atoms with Crippen molar-refractivity contribution in [3.8, 4) is 0 Å². The number of benzene rings is 3. The zero-order chi connectivity index (χ0) is 21.6. The molecule has 0 unspecified atom stereocenters. The molecule has 0 spiro atoms. The summed E-state index contributed by atoms with van der Waals surface area (Å²) in [5, 5.41) is 8.89. The lowest BCUT2D eigenvalue weighted by atomic mass is 10.1. The summed E-state index contributed by atoms with van der Waals surface area (Å²) in [6.45, 7) is -0.0543. The SMILES string of the molecule is O=C(CCC(=O)N1CC(=O)Nc2ccccc21)Nc1ccccc1Nc1ccccc1. The van der Waals surface area contributed by atoms with Crippen LogP contribution in [0.1, 0.15) is 12.8 Å². The summed E-state index contributed by atoms with van der Waals surface area (Å²) in [4.78, 5) is 38.6. The van der Waals surface area contributed by atoms with Crippen molar-refractivity contribution in [2.24, 2.45) is 0 Å². The van der Waals surface area contributed by atoms with Crippen LogP contribution in [0.15, 0.2) is 78.9 Å². The second kappa shape index (κ2) is 9.13. The second-order valence-corrected chi connectivity index (χ2v) is 7.13. The number of anilines is 5. The van der Waals surface area contributed by atoms with E-state index in [1.165, 1.54) is 4.90 Å². The quantitative estimate of drug-likeness (QED) is 0.566. The Kier molecular flexibility index (Phi) is 5.93. The fourth-order valence-electron chi connectivity index (χ4n) is 3.40. The highest BCUT2D eigenvalue weighted by Crippen LogP contribution is 2.29. The number of carbonyl (C=O) groups excluding carboxylic acids is 3. The predicted octanol–water partition coefficient (Wildman–Crippen LogP) is 4.13. The van der Waals surface area contributed by atoms with E-state index in [1.807, 2.05) is 48.5 Å². The molecule has 1 aliphatic rings. The Balaban J connectivity index is 1.38. The summed E-state index contributed by atoms with van der Waals surface area (Å²) < 4.78 is 0. The summed E-state index contributed by atoms with van der Waals surface area (Å²) in [6.07, 6.45) is 0.0144. The van der Waals surface area contributed by atoms with Gasteiger partial charge in [-0.05, 0) is 36.4 Å². The van der Waals surface area contributed by atoms with Crippen LogP contribution in [0.5, 0.6) is 0 Å². The van der Waals surface area contributed by atoms with Crippen molar-refractivity contribution in [3.05, 3.63) is 78.9 Å². The number of amides is 3. The van der Waals surface area contributed by atoms with Gasteiger partial charge in [-0.25, -0.2) is 0 Å². The average molecular weight is 414 g/mol. The van der Waals surface area contributed by atoms with Crippen LogP contribution in [0.3, 0.4) is 0 Å². The van der Waals surface area contributed by atoms with Crippen molar-refractivity contribution in [1.29, 1.82) is 0 Å². The van der Waals surface area contributed by atoms with Crippen molar-refractivity contribution in [2.45, 2.75) is 12.8 Å². The first-order chi connectivity index (χ1) is 15.1. The molecular formula is C24H22N4O3. The van der Waals surface area contributed by atoms with Crippen LogP contribution in [0.4, 0.5) is 28.4 Å². The van der Waals surface area contributed by atoms with Gasteiger partial charge >= 0.3 is 0 Å². The van der Waals surface area contributed by atoms with Crippen LogP contribution in [0, 0.1) is 0 Å². The zero-order valence-corrected chi connectivity index (χ0v) is 16.8. The molecule has 3 N–H and O–H groups in total. The minimum Gasteiger partial charge on any atom is -0.354 e. The van der Waals surface area contributed by atoms with Gasteiger partial charge in [0.2, 0.25) is 17.7 Å². The zero-order valence-electron chi connectivity index (χ0n) is 16.8. The largest absolute Gasteiger partial charge is 0.354 e. The molecule has 3 aromatic rings. The van der Waals surface area contributed by atoms with Gasteiger partial charge in [-0.3, -0.25) is 14.4 Å². The molecule has 1 heterocycles. The van der Waals surface area contributed by atoms with Gasteiger partial charge in [0, 0.05) is 18.5 Å². The van der Waals surface area contributed by atoms with E-state index < -0.39 is 0 Å². The highest BCUT2D eigenvalue weighted by Gasteiger charge is 2.26. The molecule has 0 fully saturated rings. The van der Waals surface area contributed by atoms with Gasteiger partial charge in [0.1, 0.15) is 6.54 Å². The molecule has 7 heteroatoms. The van der Waals surface area contributed by atoms with Gasteiger partial charge in [-0.15, -0.1) is 0 Å². The fraction of sp³-hybridized carbons (Fsp3) is 0.125. The molecule has 0 atom stereocenters. The topological polar surface area (TPSA) is 90.5 Å². The molecular weight excluding hydrogens is 392 g/mol. The highest BCUT2D eigenvalue weighted by molar-refractivity contribution is 6.10. The number of fused-ring (bicyclic) bond motifs is 1. The summed E-state index contributed by atoms with van der Waals surface area (Å²) in [6, 6.07) is 24.2. The molecule has 0 saturated carbocycles. The van der Waals surface area contributed by atoms with E-state index in [0.29, 0.717) is 17.1 Å². The monoisotopic (exact) mass is 414 g/mol. The number of rotatable bonds is 6. The minimum atomic E-state index is -0.273. The lowest BCUT2D eigenvalue weighted by Gasteiger charge is -2.29. The van der Waals surface area contributed by atoms with Gasteiger partial charge in [0.25, 0.3) is 0 Å². The lowest BCUT2D eigenvalue weighted by Crippen LogP contribution is -2.42. The summed E-state index contributed by atoms with van der Waals surface area (Å²) in [7, 11) is 0. The van der Waals surface area contributed by atoms with Crippen molar-refractivity contribution < 1.29 is 14.4 Å². The van der Waals surface area contributed by atoms with E-state index in [2.05, 4.69) is 16.0 Å². The molecule has 156 valence electrons. The van der Waals surface area contributed by atoms with E-state index in [1.54, 1.807) is 30.3 Å². The number of para-hydroxylation sites is 5. The number of nitrogens with one attached hydrogen (secondary N) is 3. The first kappa shape index (κ1) is 20.2. The third-order valence-electron chi connectivity index (χ3n) is 4.89. The van der Waals surface area contributed by atoms with Gasteiger partial charge in [0.05, 0.1) is 22.7 Å². The van der Waals surface area contributed by atoms with Gasteiger partial charge in [0.15, 0.2) is 0 Å². The van der Waals surface area contributed by atoms with Crippen LogP contribution in [0.2, 0.25) is 0 Å². The predicted molar refractivity (Wildman–Crippen MR) is 121 cm³/mol. The Morgan fingerprint density at radius 1 is 0.839 bits per heavy atom. The van der Waals surface area contributed by atoms with Crippen LogP contribution < -0.4 is 20.9 Å². The summed E-state index contributed by atoms with van der Waals surface area (Å²) in [5.41, 5.74) is 3.53. The summed E-state index contributed by atoms with van der Waals surface area (Å²) >= 11 is 0. The molecule has 1 aliphatic heterocycles. The molecule has 0 bridgehead atoms. The van der Waals surface area contributed by atoms with Gasteiger partial charge < -0.3 is 20.9 Å². The van der Waals surface area contributed by atoms with E-state index in [9.17, 15) is 14.4 Å². The molecule has 0 radical (unpaired) electrons. The maximum atomic E-state index is 12.7. The molecule has 3 amide bonds. The number of hydrogen-bond acceptors (Lipinski definition) is 4. The first-order valence-electron chi connectivity index (χ1n) is 10.0. The molecule has 31 heavy (non-hydrogen) atoms. The molecule has 0 aliphatic carbocycles. The van der Waals surface area contributed by atoms with Crippen LogP contribution in [0.25, 0.3) is 0 Å². The van der Waals surface area contributed by atoms with Gasteiger partial charge in [-0.2, -0.15) is 0 Å². The first-order valence-corrected chi connectivity index (χ1v) is 10.0. The van der Waals surface area contributed by atoms with E-state index in [-0.39, 0.29) is 37.1 Å².